The zero-order valence-corrected chi connectivity index (χ0v) is 15.7. The number of hydrogen-bond acceptors (Lipinski definition) is 2. The molecule has 0 spiro atoms. The van der Waals surface area contributed by atoms with Gasteiger partial charge in [-0.15, -0.1) is 0 Å². The van der Waals surface area contributed by atoms with Crippen molar-refractivity contribution in [1.82, 2.24) is 0 Å². The summed E-state index contributed by atoms with van der Waals surface area (Å²) in [6.07, 6.45) is 4.05. The minimum Gasteiger partial charge on any atom is -0.489 e. The van der Waals surface area contributed by atoms with E-state index in [1.807, 2.05) is 31.2 Å². The highest BCUT2D eigenvalue weighted by Gasteiger charge is 2.26. The quantitative estimate of drug-likeness (QED) is 0.491. The fourth-order valence-corrected chi connectivity index (χ4v) is 3.38. The minimum atomic E-state index is -0.866. The van der Waals surface area contributed by atoms with Gasteiger partial charge in [-0.3, -0.25) is 0 Å². The summed E-state index contributed by atoms with van der Waals surface area (Å²) in [4.78, 5) is 0. The van der Waals surface area contributed by atoms with E-state index in [0.29, 0.717) is 6.61 Å². The number of rotatable bonds is 8. The van der Waals surface area contributed by atoms with Gasteiger partial charge in [-0.25, -0.2) is 0 Å². The predicted octanol–water partition coefficient (Wildman–Crippen LogP) is 6.21. The summed E-state index contributed by atoms with van der Waals surface area (Å²) >= 11 is 0. The normalized spacial score (nSPS) is 13.5. The second-order valence-electron chi connectivity index (χ2n) is 7.20. The molecule has 0 bridgehead atoms. The number of unbranched alkanes of at least 4 members (excludes halogenated alkanes) is 2. The summed E-state index contributed by atoms with van der Waals surface area (Å²) in [6, 6.07) is 22.6. The molecule has 3 aromatic carbocycles. The average Bonchev–Trinajstić information content (AvgIpc) is 2.66. The van der Waals surface area contributed by atoms with Crippen LogP contribution in [0.4, 0.5) is 0 Å². The lowest BCUT2D eigenvalue weighted by atomic mass is 9.89. The lowest BCUT2D eigenvalue weighted by Crippen LogP contribution is -2.22. The van der Waals surface area contributed by atoms with Crippen molar-refractivity contribution in [3.63, 3.8) is 0 Å². The Labute approximate surface area is 156 Å². The first-order valence-electron chi connectivity index (χ1n) is 9.52. The Morgan fingerprint density at radius 2 is 1.62 bits per heavy atom. The van der Waals surface area contributed by atoms with Gasteiger partial charge >= 0.3 is 0 Å². The van der Waals surface area contributed by atoms with E-state index in [9.17, 15) is 5.11 Å². The smallest absolute Gasteiger partial charge is 0.125 e. The van der Waals surface area contributed by atoms with E-state index >= 15 is 0 Å². The van der Waals surface area contributed by atoms with Crippen molar-refractivity contribution in [3.8, 4) is 5.75 Å². The second-order valence-corrected chi connectivity index (χ2v) is 7.20. The fourth-order valence-electron chi connectivity index (χ4n) is 3.38. The maximum absolute atomic E-state index is 11.0. The predicted molar refractivity (Wildman–Crippen MR) is 108 cm³/mol. The highest BCUT2D eigenvalue weighted by molar-refractivity contribution is 5.82. The second kappa shape index (κ2) is 8.37. The van der Waals surface area contributed by atoms with Gasteiger partial charge in [0.2, 0.25) is 0 Å². The van der Waals surface area contributed by atoms with E-state index in [1.165, 1.54) is 10.8 Å². The van der Waals surface area contributed by atoms with Crippen molar-refractivity contribution < 1.29 is 9.84 Å². The lowest BCUT2D eigenvalue weighted by Gasteiger charge is -2.26. The number of hydrogen-bond donors (Lipinski definition) is 1. The molecule has 26 heavy (non-hydrogen) atoms. The van der Waals surface area contributed by atoms with E-state index in [2.05, 4.69) is 49.4 Å². The number of benzene rings is 3. The number of ether oxygens (including phenoxy) is 1. The summed E-state index contributed by atoms with van der Waals surface area (Å²) in [7, 11) is 0. The van der Waals surface area contributed by atoms with Crippen molar-refractivity contribution >= 4 is 10.8 Å². The highest BCUT2D eigenvalue weighted by atomic mass is 16.5. The van der Waals surface area contributed by atoms with Crippen LogP contribution >= 0.6 is 0 Å². The zero-order valence-electron chi connectivity index (χ0n) is 15.7. The van der Waals surface area contributed by atoms with Gasteiger partial charge in [0, 0.05) is 5.56 Å². The van der Waals surface area contributed by atoms with Gasteiger partial charge in [-0.05, 0) is 41.8 Å². The van der Waals surface area contributed by atoms with Crippen LogP contribution in [-0.4, -0.2) is 5.11 Å². The molecular weight excluding hydrogens is 320 g/mol. The van der Waals surface area contributed by atoms with E-state index in [-0.39, 0.29) is 0 Å². The first-order valence-corrected chi connectivity index (χ1v) is 9.52. The molecule has 2 heteroatoms. The van der Waals surface area contributed by atoms with Crippen molar-refractivity contribution in [3.05, 3.63) is 77.9 Å². The van der Waals surface area contributed by atoms with Crippen molar-refractivity contribution in [1.29, 1.82) is 0 Å². The van der Waals surface area contributed by atoms with E-state index in [4.69, 9.17) is 4.74 Å². The monoisotopic (exact) mass is 348 g/mol. The molecule has 0 saturated heterocycles. The Bertz CT molecular complexity index is 851. The number of para-hydroxylation sites is 1. The Morgan fingerprint density at radius 1 is 0.885 bits per heavy atom. The van der Waals surface area contributed by atoms with Gasteiger partial charge in [0.15, 0.2) is 0 Å². The maximum atomic E-state index is 11.0. The summed E-state index contributed by atoms with van der Waals surface area (Å²) in [5, 5.41) is 13.4. The van der Waals surface area contributed by atoms with E-state index in [0.717, 1.165) is 42.6 Å². The van der Waals surface area contributed by atoms with Crippen LogP contribution in [0.15, 0.2) is 66.7 Å². The zero-order chi connectivity index (χ0) is 18.4. The third kappa shape index (κ3) is 4.44. The third-order valence-corrected chi connectivity index (χ3v) is 4.94. The molecule has 3 aromatic rings. The van der Waals surface area contributed by atoms with Crippen LogP contribution in [0.5, 0.6) is 5.75 Å². The van der Waals surface area contributed by atoms with Crippen molar-refractivity contribution in [2.75, 3.05) is 0 Å². The van der Waals surface area contributed by atoms with Crippen LogP contribution in [0, 0.1) is 0 Å². The standard InChI is InChI=1S/C24H28O2/c1-3-4-9-16-24(2,25)22-12-7-8-13-23(22)26-18-19-14-15-20-10-5-6-11-21(20)17-19/h5-8,10-15,17,25H,3-4,9,16,18H2,1-2H3. The lowest BCUT2D eigenvalue weighted by molar-refractivity contribution is 0.0415. The maximum Gasteiger partial charge on any atom is 0.125 e. The molecule has 2 nitrogen and oxygen atoms in total. The molecule has 0 amide bonds. The van der Waals surface area contributed by atoms with Crippen LogP contribution in [0.3, 0.4) is 0 Å². The molecule has 0 heterocycles. The third-order valence-electron chi connectivity index (χ3n) is 4.94. The van der Waals surface area contributed by atoms with E-state index in [1.54, 1.807) is 0 Å². The van der Waals surface area contributed by atoms with Gasteiger partial charge in [-0.2, -0.15) is 0 Å². The van der Waals surface area contributed by atoms with E-state index < -0.39 is 5.60 Å². The molecule has 1 N–H and O–H groups in total. The first kappa shape index (κ1) is 18.5. The van der Waals surface area contributed by atoms with Gasteiger partial charge < -0.3 is 9.84 Å². The molecule has 0 fully saturated rings. The van der Waals surface area contributed by atoms with Crippen molar-refractivity contribution in [2.24, 2.45) is 0 Å². The Balaban J connectivity index is 1.75. The molecule has 0 aliphatic carbocycles. The summed E-state index contributed by atoms with van der Waals surface area (Å²) < 4.78 is 6.10. The summed E-state index contributed by atoms with van der Waals surface area (Å²) in [5.41, 5.74) is 1.14. The first-order chi connectivity index (χ1) is 12.6. The van der Waals surface area contributed by atoms with Crippen LogP contribution < -0.4 is 4.74 Å². The van der Waals surface area contributed by atoms with Crippen LogP contribution in [0.2, 0.25) is 0 Å². The Hall–Kier alpha value is -2.32. The molecule has 0 radical (unpaired) electrons. The fraction of sp³-hybridized carbons (Fsp3) is 0.333. The average molecular weight is 348 g/mol. The summed E-state index contributed by atoms with van der Waals surface area (Å²) in [6.45, 7) is 4.56. The number of fused-ring (bicyclic) bond motifs is 1. The molecule has 1 unspecified atom stereocenters. The van der Waals surface area contributed by atoms with Crippen LogP contribution in [-0.2, 0) is 12.2 Å². The Kier molecular flexibility index (Phi) is 5.95. The molecule has 3 rings (SSSR count). The topological polar surface area (TPSA) is 29.5 Å². The SMILES string of the molecule is CCCCCC(C)(O)c1ccccc1OCc1ccc2ccccc2c1. The number of aliphatic hydroxyl groups is 1. The molecule has 1 atom stereocenters. The Morgan fingerprint density at radius 3 is 2.42 bits per heavy atom. The van der Waals surface area contributed by atoms with Gasteiger partial charge in [0.1, 0.15) is 12.4 Å². The molecular formula is C24H28O2. The molecule has 0 saturated carbocycles. The van der Waals surface area contributed by atoms with Crippen molar-refractivity contribution in [2.45, 2.75) is 51.7 Å². The molecule has 0 aliphatic heterocycles. The van der Waals surface area contributed by atoms with Gasteiger partial charge in [0.25, 0.3) is 0 Å². The minimum absolute atomic E-state index is 0.493. The molecule has 136 valence electrons. The molecule has 0 aliphatic rings. The molecule has 0 aromatic heterocycles. The largest absolute Gasteiger partial charge is 0.489 e. The van der Waals surface area contributed by atoms with Gasteiger partial charge in [0.05, 0.1) is 5.60 Å². The summed E-state index contributed by atoms with van der Waals surface area (Å²) in [5.74, 6) is 0.766. The van der Waals surface area contributed by atoms with Gasteiger partial charge in [-0.1, -0.05) is 80.8 Å². The highest BCUT2D eigenvalue weighted by Crippen LogP contribution is 2.34. The van der Waals surface area contributed by atoms with Crippen LogP contribution in [0.25, 0.3) is 10.8 Å². The van der Waals surface area contributed by atoms with Crippen LogP contribution in [0.1, 0.15) is 50.7 Å².